The van der Waals surface area contributed by atoms with Gasteiger partial charge < -0.3 is 4.57 Å². The molecule has 17 heavy (non-hydrogen) atoms. The molecule has 1 heterocycles. The molecule has 0 fully saturated rings. The van der Waals surface area contributed by atoms with Crippen molar-refractivity contribution in [3.05, 3.63) is 23.0 Å². The molecule has 0 N–H and O–H groups in total. The lowest BCUT2D eigenvalue weighted by Crippen LogP contribution is -2.19. The predicted molar refractivity (Wildman–Crippen MR) is 70.5 cm³/mol. The third-order valence-corrected chi connectivity index (χ3v) is 3.60. The van der Waals surface area contributed by atoms with Crippen LogP contribution in [0.3, 0.4) is 0 Å². The van der Waals surface area contributed by atoms with Crippen LogP contribution in [0.1, 0.15) is 55.9 Å². The molecule has 0 radical (unpaired) electrons. The molecule has 1 unspecified atom stereocenters. The molecule has 1 aromatic heterocycles. The smallest absolute Gasteiger partial charge is 0.164 e. The Labute approximate surface area is 104 Å². The molecule has 1 atom stereocenters. The Morgan fingerprint density at radius 1 is 1.41 bits per heavy atom. The quantitative estimate of drug-likeness (QED) is 0.783. The van der Waals surface area contributed by atoms with Crippen LogP contribution in [0.2, 0.25) is 0 Å². The average Bonchev–Trinajstić information content (AvgIpc) is 2.54. The standard InChI is InChI=1S/C15H23NO/c1-5-16-12(6-10(2)3)9-13-14(16)7-11(4)8-15(13)17/h9-11H,5-8H2,1-4H3. The summed E-state index contributed by atoms with van der Waals surface area (Å²) in [6, 6.07) is 2.15. The van der Waals surface area contributed by atoms with Crippen molar-refractivity contribution in [2.24, 2.45) is 11.8 Å². The van der Waals surface area contributed by atoms with E-state index in [2.05, 4.69) is 38.3 Å². The largest absolute Gasteiger partial charge is 0.348 e. The Balaban J connectivity index is 2.44. The Morgan fingerprint density at radius 3 is 2.71 bits per heavy atom. The molecule has 0 amide bonds. The van der Waals surface area contributed by atoms with E-state index < -0.39 is 0 Å². The van der Waals surface area contributed by atoms with Gasteiger partial charge in [-0.2, -0.15) is 0 Å². The third kappa shape index (κ3) is 2.31. The molecule has 0 aliphatic heterocycles. The number of Topliss-reactive ketones (excluding diaryl/α,β-unsaturated/α-hetero) is 1. The second kappa shape index (κ2) is 4.67. The summed E-state index contributed by atoms with van der Waals surface area (Å²) in [5, 5.41) is 0. The first-order chi connectivity index (χ1) is 8.02. The number of nitrogens with zero attached hydrogens (tertiary/aromatic N) is 1. The van der Waals surface area contributed by atoms with Gasteiger partial charge in [-0.1, -0.05) is 20.8 Å². The van der Waals surface area contributed by atoms with Crippen LogP contribution in [0, 0.1) is 11.8 Å². The van der Waals surface area contributed by atoms with Crippen molar-refractivity contribution in [3.63, 3.8) is 0 Å². The minimum Gasteiger partial charge on any atom is -0.348 e. The number of carbonyl (C=O) groups excluding carboxylic acids is 1. The summed E-state index contributed by atoms with van der Waals surface area (Å²) >= 11 is 0. The van der Waals surface area contributed by atoms with Crippen LogP contribution in [0.5, 0.6) is 0 Å². The van der Waals surface area contributed by atoms with E-state index in [0.717, 1.165) is 31.4 Å². The number of rotatable bonds is 3. The zero-order valence-corrected chi connectivity index (χ0v) is 11.4. The van der Waals surface area contributed by atoms with Crippen LogP contribution in [0.4, 0.5) is 0 Å². The van der Waals surface area contributed by atoms with E-state index in [4.69, 9.17) is 0 Å². The summed E-state index contributed by atoms with van der Waals surface area (Å²) < 4.78 is 2.36. The molecule has 2 nitrogen and oxygen atoms in total. The lowest BCUT2D eigenvalue weighted by molar-refractivity contribution is 0.0952. The van der Waals surface area contributed by atoms with E-state index in [9.17, 15) is 4.79 Å². The Morgan fingerprint density at radius 2 is 2.12 bits per heavy atom. The van der Waals surface area contributed by atoms with Crippen LogP contribution in [0.25, 0.3) is 0 Å². The van der Waals surface area contributed by atoms with Gasteiger partial charge in [0.15, 0.2) is 5.78 Å². The molecular formula is C15H23NO. The van der Waals surface area contributed by atoms with E-state index in [1.165, 1.54) is 11.4 Å². The minimum absolute atomic E-state index is 0.343. The molecule has 1 aliphatic rings. The van der Waals surface area contributed by atoms with Gasteiger partial charge in [-0.3, -0.25) is 4.79 Å². The topological polar surface area (TPSA) is 22.0 Å². The number of aromatic nitrogens is 1. The monoisotopic (exact) mass is 233 g/mol. The number of ketones is 1. The van der Waals surface area contributed by atoms with Crippen molar-refractivity contribution in [3.8, 4) is 0 Å². The van der Waals surface area contributed by atoms with Crippen LogP contribution < -0.4 is 0 Å². The highest BCUT2D eigenvalue weighted by molar-refractivity contribution is 5.98. The van der Waals surface area contributed by atoms with Crippen molar-refractivity contribution in [1.29, 1.82) is 0 Å². The molecule has 2 rings (SSSR count). The summed E-state index contributed by atoms with van der Waals surface area (Å²) in [4.78, 5) is 12.0. The first-order valence-electron chi connectivity index (χ1n) is 6.77. The highest BCUT2D eigenvalue weighted by Crippen LogP contribution is 2.29. The fourth-order valence-electron chi connectivity index (χ4n) is 2.92. The Kier molecular flexibility index (Phi) is 3.41. The van der Waals surface area contributed by atoms with Gasteiger partial charge in [0.1, 0.15) is 0 Å². The summed E-state index contributed by atoms with van der Waals surface area (Å²) in [5.41, 5.74) is 3.63. The van der Waals surface area contributed by atoms with E-state index in [1.54, 1.807) is 0 Å². The Bertz CT molecular complexity index is 428. The normalized spacial score (nSPS) is 19.8. The molecule has 1 aromatic rings. The zero-order valence-electron chi connectivity index (χ0n) is 11.4. The van der Waals surface area contributed by atoms with Crippen molar-refractivity contribution in [2.75, 3.05) is 0 Å². The molecule has 0 spiro atoms. The van der Waals surface area contributed by atoms with E-state index in [1.807, 2.05) is 0 Å². The summed E-state index contributed by atoms with van der Waals surface area (Å²) in [6.07, 6.45) is 2.86. The van der Waals surface area contributed by atoms with Crippen LogP contribution >= 0.6 is 0 Å². The van der Waals surface area contributed by atoms with E-state index >= 15 is 0 Å². The van der Waals surface area contributed by atoms with Gasteiger partial charge in [-0.25, -0.2) is 0 Å². The third-order valence-electron chi connectivity index (χ3n) is 3.60. The van der Waals surface area contributed by atoms with Gasteiger partial charge in [0, 0.05) is 29.9 Å². The minimum atomic E-state index is 0.343. The molecule has 94 valence electrons. The molecule has 0 saturated heterocycles. The first-order valence-corrected chi connectivity index (χ1v) is 6.77. The molecule has 0 bridgehead atoms. The van der Waals surface area contributed by atoms with E-state index in [-0.39, 0.29) is 0 Å². The zero-order chi connectivity index (χ0) is 12.6. The number of carbonyl (C=O) groups is 1. The van der Waals surface area contributed by atoms with Crippen molar-refractivity contribution >= 4 is 5.78 Å². The van der Waals surface area contributed by atoms with Gasteiger partial charge in [-0.05, 0) is 37.7 Å². The van der Waals surface area contributed by atoms with Crippen molar-refractivity contribution in [2.45, 2.75) is 53.5 Å². The second-order valence-corrected chi connectivity index (χ2v) is 5.77. The van der Waals surface area contributed by atoms with Crippen molar-refractivity contribution in [1.82, 2.24) is 4.57 Å². The highest BCUT2D eigenvalue weighted by Gasteiger charge is 2.27. The molecule has 0 aromatic carbocycles. The fraction of sp³-hybridized carbons (Fsp3) is 0.667. The van der Waals surface area contributed by atoms with Gasteiger partial charge >= 0.3 is 0 Å². The van der Waals surface area contributed by atoms with Gasteiger partial charge in [0.05, 0.1) is 0 Å². The Hall–Kier alpha value is -1.05. The van der Waals surface area contributed by atoms with E-state index in [0.29, 0.717) is 17.6 Å². The number of hydrogen-bond acceptors (Lipinski definition) is 1. The van der Waals surface area contributed by atoms with Crippen molar-refractivity contribution < 1.29 is 4.79 Å². The van der Waals surface area contributed by atoms with Crippen LogP contribution in [-0.2, 0) is 19.4 Å². The maximum Gasteiger partial charge on any atom is 0.164 e. The van der Waals surface area contributed by atoms with Crippen LogP contribution in [0.15, 0.2) is 6.07 Å². The number of fused-ring (bicyclic) bond motifs is 1. The predicted octanol–water partition coefficient (Wildman–Crippen LogP) is 3.47. The lowest BCUT2D eigenvalue weighted by atomic mass is 9.88. The lowest BCUT2D eigenvalue weighted by Gasteiger charge is -2.20. The molecule has 1 aliphatic carbocycles. The molecule has 0 saturated carbocycles. The van der Waals surface area contributed by atoms with Crippen LogP contribution in [-0.4, -0.2) is 10.4 Å². The molecule has 2 heteroatoms. The summed E-state index contributed by atoms with van der Waals surface area (Å²) in [7, 11) is 0. The maximum atomic E-state index is 12.0. The summed E-state index contributed by atoms with van der Waals surface area (Å²) in [5.74, 6) is 1.49. The van der Waals surface area contributed by atoms with Gasteiger partial charge in [0.25, 0.3) is 0 Å². The van der Waals surface area contributed by atoms with Gasteiger partial charge in [0.2, 0.25) is 0 Å². The number of hydrogen-bond donors (Lipinski definition) is 0. The maximum absolute atomic E-state index is 12.0. The SMILES string of the molecule is CCn1c(CC(C)C)cc2c1CC(C)CC2=O. The second-order valence-electron chi connectivity index (χ2n) is 5.77. The highest BCUT2D eigenvalue weighted by atomic mass is 16.1. The molecular weight excluding hydrogens is 210 g/mol. The van der Waals surface area contributed by atoms with Gasteiger partial charge in [-0.15, -0.1) is 0 Å². The summed E-state index contributed by atoms with van der Waals surface area (Å²) in [6.45, 7) is 9.80. The average molecular weight is 233 g/mol. The fourth-order valence-corrected chi connectivity index (χ4v) is 2.92. The first kappa shape index (κ1) is 12.4.